The predicted molar refractivity (Wildman–Crippen MR) is 81.7 cm³/mol. The van der Waals surface area contributed by atoms with Gasteiger partial charge in [-0.05, 0) is 12.8 Å². The molecular weight excluding hydrogens is 284 g/mol. The molecule has 22 heavy (non-hydrogen) atoms. The summed E-state index contributed by atoms with van der Waals surface area (Å²) >= 11 is 0. The zero-order valence-corrected chi connectivity index (χ0v) is 12.4. The van der Waals surface area contributed by atoms with Gasteiger partial charge in [0.05, 0.1) is 6.04 Å². The van der Waals surface area contributed by atoms with Gasteiger partial charge in [-0.3, -0.25) is 0 Å². The molecule has 1 aliphatic rings. The fraction of sp³-hybridized carbons (Fsp3) is 0.400. The molecule has 7 heteroatoms. The number of imidazole rings is 1. The summed E-state index contributed by atoms with van der Waals surface area (Å²) in [6.45, 7) is 8.81. The first-order valence-corrected chi connectivity index (χ1v) is 7.14. The maximum Gasteiger partial charge on any atom is 0.356 e. The molecule has 2 rings (SSSR count). The SMILES string of the molecule is C=CCN(CC=C)C(=O)NC1CCCn2cc(C(=O)O)nc21. The largest absolute Gasteiger partial charge is 0.476 e. The Morgan fingerprint density at radius 3 is 2.73 bits per heavy atom. The summed E-state index contributed by atoms with van der Waals surface area (Å²) in [5.41, 5.74) is 0.00480. The van der Waals surface area contributed by atoms with Crippen LogP contribution in [0.3, 0.4) is 0 Å². The normalized spacial score (nSPS) is 16.5. The fourth-order valence-electron chi connectivity index (χ4n) is 2.51. The molecule has 1 aromatic rings. The molecule has 2 N–H and O–H groups in total. The first-order valence-electron chi connectivity index (χ1n) is 7.14. The van der Waals surface area contributed by atoms with E-state index >= 15 is 0 Å². The predicted octanol–water partition coefficient (Wildman–Crippen LogP) is 1.80. The highest BCUT2D eigenvalue weighted by molar-refractivity contribution is 5.85. The fourth-order valence-corrected chi connectivity index (χ4v) is 2.51. The van der Waals surface area contributed by atoms with Gasteiger partial charge in [0.1, 0.15) is 5.82 Å². The van der Waals surface area contributed by atoms with E-state index in [1.165, 1.54) is 6.20 Å². The summed E-state index contributed by atoms with van der Waals surface area (Å²) < 4.78 is 1.79. The van der Waals surface area contributed by atoms with Crippen LogP contribution in [0, 0.1) is 0 Å². The molecule has 118 valence electrons. The van der Waals surface area contributed by atoms with Gasteiger partial charge >= 0.3 is 12.0 Å². The number of hydrogen-bond acceptors (Lipinski definition) is 3. The number of aromatic carboxylic acids is 1. The van der Waals surface area contributed by atoms with Crippen molar-refractivity contribution in [2.24, 2.45) is 0 Å². The number of urea groups is 1. The van der Waals surface area contributed by atoms with Crippen LogP contribution in [-0.4, -0.2) is 44.6 Å². The van der Waals surface area contributed by atoms with Crippen molar-refractivity contribution in [3.05, 3.63) is 43.0 Å². The lowest BCUT2D eigenvalue weighted by Gasteiger charge is -2.27. The van der Waals surface area contributed by atoms with Gasteiger partial charge in [0.15, 0.2) is 5.69 Å². The molecule has 0 aliphatic carbocycles. The smallest absolute Gasteiger partial charge is 0.356 e. The number of carboxylic acids is 1. The zero-order valence-electron chi connectivity index (χ0n) is 12.4. The molecule has 0 saturated carbocycles. The first kappa shape index (κ1) is 15.8. The summed E-state index contributed by atoms with van der Waals surface area (Å²) in [5.74, 6) is -0.471. The third kappa shape index (κ3) is 3.36. The van der Waals surface area contributed by atoms with Gasteiger partial charge in [0, 0.05) is 25.8 Å². The van der Waals surface area contributed by atoms with Gasteiger partial charge in [0.2, 0.25) is 0 Å². The maximum atomic E-state index is 12.3. The summed E-state index contributed by atoms with van der Waals surface area (Å²) in [4.78, 5) is 29.0. The van der Waals surface area contributed by atoms with Crippen LogP contribution >= 0.6 is 0 Å². The number of carbonyl (C=O) groups is 2. The Kier molecular flexibility index (Phi) is 4.98. The Balaban J connectivity index is 2.14. The molecule has 1 unspecified atom stereocenters. The monoisotopic (exact) mass is 304 g/mol. The van der Waals surface area contributed by atoms with Gasteiger partial charge < -0.3 is 19.9 Å². The van der Waals surface area contributed by atoms with Crippen LogP contribution in [0.1, 0.15) is 35.2 Å². The van der Waals surface area contributed by atoms with Crippen LogP contribution in [-0.2, 0) is 6.54 Å². The van der Waals surface area contributed by atoms with Crippen molar-refractivity contribution in [1.29, 1.82) is 0 Å². The second-order valence-electron chi connectivity index (χ2n) is 5.11. The molecule has 1 atom stereocenters. The molecule has 0 spiro atoms. The van der Waals surface area contributed by atoms with Crippen LogP contribution in [0.5, 0.6) is 0 Å². The van der Waals surface area contributed by atoms with Crippen LogP contribution in [0.4, 0.5) is 4.79 Å². The molecule has 1 aromatic heterocycles. The average molecular weight is 304 g/mol. The van der Waals surface area contributed by atoms with Crippen LogP contribution in [0.2, 0.25) is 0 Å². The number of carbonyl (C=O) groups excluding carboxylic acids is 1. The molecule has 0 aromatic carbocycles. The number of nitrogens with one attached hydrogen (secondary N) is 1. The van der Waals surface area contributed by atoms with E-state index in [-0.39, 0.29) is 17.8 Å². The summed E-state index contributed by atoms with van der Waals surface area (Å²) in [6, 6.07) is -0.524. The van der Waals surface area contributed by atoms with Gasteiger partial charge in [-0.15, -0.1) is 13.2 Å². The molecule has 2 heterocycles. The van der Waals surface area contributed by atoms with Crippen LogP contribution in [0.25, 0.3) is 0 Å². The number of carboxylic acid groups (broad SMARTS) is 1. The van der Waals surface area contributed by atoms with Crippen molar-refractivity contribution in [3.63, 3.8) is 0 Å². The Bertz CT molecular complexity index is 584. The van der Waals surface area contributed by atoms with E-state index < -0.39 is 5.97 Å². The molecular formula is C15H20N4O3. The number of fused-ring (bicyclic) bond motifs is 1. The highest BCUT2D eigenvalue weighted by Gasteiger charge is 2.27. The number of aryl methyl sites for hydroxylation is 1. The summed E-state index contributed by atoms with van der Waals surface area (Å²) in [6.07, 6.45) is 6.40. The van der Waals surface area contributed by atoms with Crippen molar-refractivity contribution >= 4 is 12.0 Å². The molecule has 0 saturated heterocycles. The first-order chi connectivity index (χ1) is 10.6. The van der Waals surface area contributed by atoms with E-state index in [1.54, 1.807) is 21.6 Å². The number of hydrogen-bond donors (Lipinski definition) is 2. The van der Waals surface area contributed by atoms with Gasteiger partial charge in [-0.1, -0.05) is 12.2 Å². The minimum atomic E-state index is -1.06. The van der Waals surface area contributed by atoms with Crippen molar-refractivity contribution in [2.75, 3.05) is 13.1 Å². The summed E-state index contributed by atoms with van der Waals surface area (Å²) in [7, 11) is 0. The van der Waals surface area contributed by atoms with Crippen molar-refractivity contribution in [3.8, 4) is 0 Å². The number of aromatic nitrogens is 2. The minimum absolute atomic E-state index is 0.00480. The minimum Gasteiger partial charge on any atom is -0.476 e. The van der Waals surface area contributed by atoms with Crippen molar-refractivity contribution in [1.82, 2.24) is 19.8 Å². The third-order valence-electron chi connectivity index (χ3n) is 3.51. The lowest BCUT2D eigenvalue weighted by atomic mass is 10.1. The molecule has 0 radical (unpaired) electrons. The highest BCUT2D eigenvalue weighted by Crippen LogP contribution is 2.24. The van der Waals surface area contributed by atoms with E-state index in [2.05, 4.69) is 23.5 Å². The second-order valence-corrected chi connectivity index (χ2v) is 5.11. The lowest BCUT2D eigenvalue weighted by Crippen LogP contribution is -2.43. The third-order valence-corrected chi connectivity index (χ3v) is 3.51. The molecule has 0 bridgehead atoms. The zero-order chi connectivity index (χ0) is 16.1. The van der Waals surface area contributed by atoms with E-state index in [0.29, 0.717) is 25.5 Å². The Morgan fingerprint density at radius 1 is 1.45 bits per heavy atom. The molecule has 2 amide bonds. The second kappa shape index (κ2) is 6.93. The van der Waals surface area contributed by atoms with Gasteiger partial charge in [-0.2, -0.15) is 0 Å². The van der Waals surface area contributed by atoms with Crippen molar-refractivity contribution < 1.29 is 14.7 Å². The standard InChI is InChI=1S/C15H20N4O3/c1-3-7-18(8-4-2)15(22)17-11-6-5-9-19-10-12(14(20)21)16-13(11)19/h3-4,10-11H,1-2,5-9H2,(H,17,22)(H,20,21). The van der Waals surface area contributed by atoms with E-state index in [1.807, 2.05) is 0 Å². The average Bonchev–Trinajstić information content (AvgIpc) is 2.92. The van der Waals surface area contributed by atoms with Crippen LogP contribution < -0.4 is 5.32 Å². The molecule has 0 fully saturated rings. The molecule has 1 aliphatic heterocycles. The number of rotatable bonds is 6. The maximum absolute atomic E-state index is 12.3. The summed E-state index contributed by atoms with van der Waals surface area (Å²) in [5, 5.41) is 11.9. The Morgan fingerprint density at radius 2 is 2.14 bits per heavy atom. The van der Waals surface area contributed by atoms with E-state index in [4.69, 9.17) is 5.11 Å². The number of nitrogens with zero attached hydrogens (tertiary/aromatic N) is 3. The van der Waals surface area contributed by atoms with Gasteiger partial charge in [0.25, 0.3) is 0 Å². The van der Waals surface area contributed by atoms with Gasteiger partial charge in [-0.25, -0.2) is 14.6 Å². The van der Waals surface area contributed by atoms with Crippen LogP contribution in [0.15, 0.2) is 31.5 Å². The molecule has 7 nitrogen and oxygen atoms in total. The lowest BCUT2D eigenvalue weighted by molar-refractivity contribution is 0.0691. The van der Waals surface area contributed by atoms with E-state index in [9.17, 15) is 9.59 Å². The highest BCUT2D eigenvalue weighted by atomic mass is 16.4. The Hall–Kier alpha value is -2.57. The number of amides is 2. The van der Waals surface area contributed by atoms with Crippen molar-refractivity contribution in [2.45, 2.75) is 25.4 Å². The van der Waals surface area contributed by atoms with E-state index in [0.717, 1.165) is 12.8 Å². The Labute approximate surface area is 128 Å². The topological polar surface area (TPSA) is 87.5 Å². The quantitative estimate of drug-likeness (QED) is 0.784.